The minimum absolute atomic E-state index is 0.690. The Morgan fingerprint density at radius 2 is 1.06 bits per heavy atom. The van der Waals surface area contributed by atoms with E-state index in [0.717, 1.165) is 30.1 Å². The van der Waals surface area contributed by atoms with Gasteiger partial charge in [-0.2, -0.15) is 0 Å². The highest BCUT2D eigenvalue weighted by molar-refractivity contribution is 6.17. The highest BCUT2D eigenvalue weighted by atomic mass is 35.5. The van der Waals surface area contributed by atoms with E-state index in [2.05, 4.69) is 55.5 Å². The third kappa shape index (κ3) is 7.35. The SMILES string of the molecule is CCCCC1CCC(C2CCC(CCc3ccc(-c4ccc(CCCl)cc4)cc3)CC2)CC1. The minimum Gasteiger partial charge on any atom is -0.126 e. The first-order valence-electron chi connectivity index (χ1n) is 14.0. The lowest BCUT2D eigenvalue weighted by atomic mass is 9.68. The van der Waals surface area contributed by atoms with Gasteiger partial charge in [0.25, 0.3) is 0 Å². The molecule has 0 nitrogen and oxygen atoms in total. The molecule has 2 aromatic carbocycles. The number of rotatable bonds is 10. The van der Waals surface area contributed by atoms with Crippen molar-refractivity contribution in [3.63, 3.8) is 0 Å². The van der Waals surface area contributed by atoms with Crippen molar-refractivity contribution in [2.75, 3.05) is 5.88 Å². The Labute approximate surface area is 208 Å². The fraction of sp³-hybridized carbons (Fsp3) is 0.625. The van der Waals surface area contributed by atoms with Crippen molar-refractivity contribution in [3.8, 4) is 11.1 Å². The van der Waals surface area contributed by atoms with Crippen molar-refractivity contribution in [2.45, 2.75) is 96.8 Å². The van der Waals surface area contributed by atoms with Crippen LogP contribution in [0.4, 0.5) is 0 Å². The molecule has 180 valence electrons. The van der Waals surface area contributed by atoms with Gasteiger partial charge in [-0.1, -0.05) is 100 Å². The Morgan fingerprint density at radius 3 is 1.52 bits per heavy atom. The molecule has 0 aromatic heterocycles. The van der Waals surface area contributed by atoms with Gasteiger partial charge in [0.15, 0.2) is 0 Å². The number of halogens is 1. The highest BCUT2D eigenvalue weighted by Crippen LogP contribution is 2.43. The summed E-state index contributed by atoms with van der Waals surface area (Å²) in [5.41, 5.74) is 5.45. The van der Waals surface area contributed by atoms with Gasteiger partial charge in [-0.3, -0.25) is 0 Å². The fourth-order valence-corrected chi connectivity index (χ4v) is 6.82. The molecule has 2 aliphatic rings. The number of benzene rings is 2. The molecular formula is C32H45Cl. The number of aryl methyl sites for hydroxylation is 2. The summed E-state index contributed by atoms with van der Waals surface area (Å²) >= 11 is 5.86. The van der Waals surface area contributed by atoms with Gasteiger partial charge in [0, 0.05) is 5.88 Å². The van der Waals surface area contributed by atoms with Crippen LogP contribution >= 0.6 is 11.6 Å². The first-order valence-corrected chi connectivity index (χ1v) is 14.5. The van der Waals surface area contributed by atoms with Gasteiger partial charge in [0.2, 0.25) is 0 Å². The van der Waals surface area contributed by atoms with E-state index in [-0.39, 0.29) is 0 Å². The number of hydrogen-bond donors (Lipinski definition) is 0. The quantitative estimate of drug-likeness (QED) is 0.307. The van der Waals surface area contributed by atoms with Crippen LogP contribution in [0.3, 0.4) is 0 Å². The van der Waals surface area contributed by atoms with E-state index in [4.69, 9.17) is 11.6 Å². The number of alkyl halides is 1. The van der Waals surface area contributed by atoms with Crippen LogP contribution in [0.5, 0.6) is 0 Å². The van der Waals surface area contributed by atoms with E-state index in [1.54, 1.807) is 0 Å². The van der Waals surface area contributed by atoms with Crippen LogP contribution in [0.25, 0.3) is 11.1 Å². The van der Waals surface area contributed by atoms with Gasteiger partial charge in [0.1, 0.15) is 0 Å². The Morgan fingerprint density at radius 1 is 0.606 bits per heavy atom. The molecule has 2 aromatic rings. The summed E-state index contributed by atoms with van der Waals surface area (Å²) in [6.07, 6.45) is 20.0. The Kier molecular flexibility index (Phi) is 9.78. The maximum absolute atomic E-state index is 5.86. The lowest BCUT2D eigenvalue weighted by molar-refractivity contribution is 0.140. The van der Waals surface area contributed by atoms with Crippen molar-refractivity contribution < 1.29 is 0 Å². The van der Waals surface area contributed by atoms with Gasteiger partial charge in [-0.05, 0) is 90.9 Å². The van der Waals surface area contributed by atoms with Crippen molar-refractivity contribution >= 4 is 11.6 Å². The van der Waals surface area contributed by atoms with Gasteiger partial charge in [0.05, 0.1) is 0 Å². The summed E-state index contributed by atoms with van der Waals surface area (Å²) in [7, 11) is 0. The smallest absolute Gasteiger partial charge is 0.0263 e. The zero-order valence-corrected chi connectivity index (χ0v) is 21.7. The lowest BCUT2D eigenvalue weighted by Crippen LogP contribution is -2.26. The first-order chi connectivity index (χ1) is 16.2. The normalized spacial score (nSPS) is 25.8. The van der Waals surface area contributed by atoms with Crippen molar-refractivity contribution in [1.82, 2.24) is 0 Å². The molecule has 0 aliphatic heterocycles. The molecule has 0 amide bonds. The Bertz CT molecular complexity index is 789. The second kappa shape index (κ2) is 13.0. The first kappa shape index (κ1) is 24.8. The summed E-state index contributed by atoms with van der Waals surface area (Å²) < 4.78 is 0. The molecule has 33 heavy (non-hydrogen) atoms. The zero-order valence-electron chi connectivity index (χ0n) is 20.9. The van der Waals surface area contributed by atoms with Crippen LogP contribution in [0.1, 0.15) is 95.1 Å². The summed E-state index contributed by atoms with van der Waals surface area (Å²) in [4.78, 5) is 0. The van der Waals surface area contributed by atoms with E-state index >= 15 is 0 Å². The Hall–Kier alpha value is -1.27. The monoisotopic (exact) mass is 464 g/mol. The van der Waals surface area contributed by atoms with E-state index < -0.39 is 0 Å². The summed E-state index contributed by atoms with van der Waals surface area (Å²) in [5.74, 6) is 4.80. The van der Waals surface area contributed by atoms with Gasteiger partial charge < -0.3 is 0 Å². The molecule has 0 N–H and O–H groups in total. The third-order valence-corrected chi connectivity index (χ3v) is 9.07. The number of hydrogen-bond acceptors (Lipinski definition) is 0. The average molecular weight is 465 g/mol. The average Bonchev–Trinajstić information content (AvgIpc) is 2.88. The summed E-state index contributed by atoms with van der Waals surface area (Å²) in [5, 5.41) is 0. The molecule has 2 fully saturated rings. The maximum atomic E-state index is 5.86. The fourth-order valence-electron chi connectivity index (χ4n) is 6.60. The lowest BCUT2D eigenvalue weighted by Gasteiger charge is -2.38. The van der Waals surface area contributed by atoms with Crippen molar-refractivity contribution in [2.24, 2.45) is 23.7 Å². The van der Waals surface area contributed by atoms with Crippen LogP contribution in [0.15, 0.2) is 48.5 Å². The summed E-state index contributed by atoms with van der Waals surface area (Å²) in [6.45, 7) is 2.34. The highest BCUT2D eigenvalue weighted by Gasteiger charge is 2.30. The Balaban J connectivity index is 1.17. The van der Waals surface area contributed by atoms with Crippen LogP contribution in [-0.4, -0.2) is 5.88 Å². The largest absolute Gasteiger partial charge is 0.126 e. The molecule has 0 unspecified atom stereocenters. The number of unbranched alkanes of at least 4 members (excludes halogenated alkanes) is 1. The third-order valence-electron chi connectivity index (χ3n) is 8.88. The van der Waals surface area contributed by atoms with E-state index in [0.29, 0.717) is 5.88 Å². The zero-order chi connectivity index (χ0) is 22.9. The molecule has 0 heterocycles. The standard InChI is InChI=1S/C32H45Cl/c1-2-3-4-25-7-15-29(16-8-25)30-17-9-26(10-18-30)5-6-27-11-19-31(20-12-27)32-21-13-28(14-22-32)23-24-33/h11-14,19-22,25-26,29-30H,2-10,15-18,23-24H2,1H3. The van der Waals surface area contributed by atoms with Crippen LogP contribution < -0.4 is 0 Å². The van der Waals surface area contributed by atoms with Gasteiger partial charge in [-0.25, -0.2) is 0 Å². The minimum atomic E-state index is 0.690. The van der Waals surface area contributed by atoms with E-state index in [9.17, 15) is 0 Å². The van der Waals surface area contributed by atoms with Gasteiger partial charge >= 0.3 is 0 Å². The predicted octanol–water partition coefficient (Wildman–Crippen LogP) is 9.87. The van der Waals surface area contributed by atoms with Crippen molar-refractivity contribution in [1.29, 1.82) is 0 Å². The molecule has 0 bridgehead atoms. The maximum Gasteiger partial charge on any atom is 0.0263 e. The molecule has 2 aliphatic carbocycles. The molecular weight excluding hydrogens is 420 g/mol. The molecule has 2 saturated carbocycles. The van der Waals surface area contributed by atoms with Crippen LogP contribution in [0.2, 0.25) is 0 Å². The van der Waals surface area contributed by atoms with Crippen LogP contribution in [0, 0.1) is 23.7 Å². The van der Waals surface area contributed by atoms with Crippen molar-refractivity contribution in [3.05, 3.63) is 59.7 Å². The van der Waals surface area contributed by atoms with E-state index in [1.807, 2.05) is 0 Å². The summed E-state index contributed by atoms with van der Waals surface area (Å²) in [6, 6.07) is 18.2. The van der Waals surface area contributed by atoms with Gasteiger partial charge in [-0.15, -0.1) is 11.6 Å². The molecule has 4 rings (SSSR count). The predicted molar refractivity (Wildman–Crippen MR) is 145 cm³/mol. The van der Waals surface area contributed by atoms with Crippen LogP contribution in [-0.2, 0) is 12.8 Å². The second-order valence-electron chi connectivity index (χ2n) is 11.1. The topological polar surface area (TPSA) is 0 Å². The van der Waals surface area contributed by atoms with E-state index in [1.165, 1.54) is 106 Å². The second-order valence-corrected chi connectivity index (χ2v) is 11.5. The molecule has 0 radical (unpaired) electrons. The molecule has 0 saturated heterocycles. The molecule has 0 spiro atoms. The molecule has 0 atom stereocenters. The molecule has 1 heteroatoms.